The fraction of sp³-hybridized carbons (Fsp3) is 0.889. The third kappa shape index (κ3) is 5.60. The van der Waals surface area contributed by atoms with E-state index >= 15 is 0 Å². The van der Waals surface area contributed by atoms with Gasteiger partial charge >= 0.3 is 5.97 Å². The van der Waals surface area contributed by atoms with Crippen molar-refractivity contribution < 1.29 is 15.0 Å². The quantitative estimate of drug-likeness (QED) is 0.663. The zero-order chi connectivity index (χ0) is 10.5. The number of carboxylic acid groups (broad SMARTS) is 1. The molecule has 0 aliphatic carbocycles. The van der Waals surface area contributed by atoms with Crippen molar-refractivity contribution in [3.05, 3.63) is 0 Å². The molecule has 0 amide bonds. The van der Waals surface area contributed by atoms with E-state index in [2.05, 4.69) is 0 Å². The summed E-state index contributed by atoms with van der Waals surface area (Å²) >= 11 is 0. The molecule has 0 rings (SSSR count). The molecule has 0 aromatic rings. The minimum Gasteiger partial charge on any atom is -0.481 e. The highest BCUT2D eigenvalue weighted by Gasteiger charge is 2.20. The first-order chi connectivity index (χ1) is 5.88. The Morgan fingerprint density at radius 1 is 1.31 bits per heavy atom. The Bertz CT molecular complexity index is 163. The van der Waals surface area contributed by atoms with Gasteiger partial charge in [0.25, 0.3) is 0 Å². The van der Waals surface area contributed by atoms with Crippen LogP contribution in [0.1, 0.15) is 27.2 Å². The lowest BCUT2D eigenvalue weighted by Gasteiger charge is -2.34. The Labute approximate surface area is 79.2 Å². The summed E-state index contributed by atoms with van der Waals surface area (Å²) in [6.45, 7) is 7.09. The zero-order valence-corrected chi connectivity index (χ0v) is 8.58. The number of nitrogens with zero attached hydrogens (tertiary/aromatic N) is 1. The van der Waals surface area contributed by atoms with Gasteiger partial charge in [0.1, 0.15) is 0 Å². The van der Waals surface area contributed by atoms with Gasteiger partial charge in [-0.05, 0) is 20.8 Å². The summed E-state index contributed by atoms with van der Waals surface area (Å²) in [4.78, 5) is 12.3. The van der Waals surface area contributed by atoms with Gasteiger partial charge in [-0.1, -0.05) is 0 Å². The van der Waals surface area contributed by atoms with Gasteiger partial charge < -0.3 is 10.2 Å². The number of hydrogen-bond donors (Lipinski definition) is 2. The van der Waals surface area contributed by atoms with E-state index in [-0.39, 0.29) is 18.6 Å². The number of β-amino-alcohol motifs (C(OH)–C–C–N with tert-alkyl or cyclic N) is 1. The maximum Gasteiger partial charge on any atom is 0.304 e. The number of aliphatic hydroxyl groups is 1. The van der Waals surface area contributed by atoms with E-state index in [1.54, 1.807) is 0 Å². The van der Waals surface area contributed by atoms with Crippen LogP contribution in [0.25, 0.3) is 0 Å². The third-order valence-electron chi connectivity index (χ3n) is 1.91. The molecule has 0 spiro atoms. The SMILES string of the molecule is CC(C)(C)N(CCO)CCC(=O)O. The van der Waals surface area contributed by atoms with E-state index < -0.39 is 5.97 Å². The first-order valence-electron chi connectivity index (χ1n) is 4.45. The van der Waals surface area contributed by atoms with Crippen LogP contribution in [0, 0.1) is 0 Å². The van der Waals surface area contributed by atoms with E-state index in [0.29, 0.717) is 13.1 Å². The van der Waals surface area contributed by atoms with Crippen LogP contribution in [0.3, 0.4) is 0 Å². The van der Waals surface area contributed by atoms with Gasteiger partial charge in [-0.2, -0.15) is 0 Å². The smallest absolute Gasteiger partial charge is 0.304 e. The molecule has 4 heteroatoms. The summed E-state index contributed by atoms with van der Waals surface area (Å²) in [5.74, 6) is -0.799. The van der Waals surface area contributed by atoms with Gasteiger partial charge in [0.2, 0.25) is 0 Å². The second-order valence-electron chi connectivity index (χ2n) is 4.03. The lowest BCUT2D eigenvalue weighted by molar-refractivity contribution is -0.137. The number of aliphatic carboxylic acids is 1. The number of carbonyl (C=O) groups is 1. The fourth-order valence-corrected chi connectivity index (χ4v) is 1.13. The molecule has 0 atom stereocenters. The van der Waals surface area contributed by atoms with Crippen LogP contribution in [0.4, 0.5) is 0 Å². The van der Waals surface area contributed by atoms with Crippen LogP contribution in [0.15, 0.2) is 0 Å². The molecule has 0 radical (unpaired) electrons. The lowest BCUT2D eigenvalue weighted by Crippen LogP contribution is -2.44. The molecule has 0 aliphatic rings. The molecule has 0 aliphatic heterocycles. The molecular formula is C9H19NO3. The molecule has 0 bridgehead atoms. The van der Waals surface area contributed by atoms with Crippen molar-refractivity contribution >= 4 is 5.97 Å². The van der Waals surface area contributed by atoms with Crippen LogP contribution in [0.5, 0.6) is 0 Å². The van der Waals surface area contributed by atoms with Gasteiger partial charge in [-0.25, -0.2) is 0 Å². The average Bonchev–Trinajstić information content (AvgIpc) is 1.95. The van der Waals surface area contributed by atoms with E-state index in [0.717, 1.165) is 0 Å². The summed E-state index contributed by atoms with van der Waals surface area (Å²) in [5, 5.41) is 17.3. The van der Waals surface area contributed by atoms with Crippen LogP contribution >= 0.6 is 0 Å². The van der Waals surface area contributed by atoms with Crippen LogP contribution in [0.2, 0.25) is 0 Å². The van der Waals surface area contributed by atoms with Crippen molar-refractivity contribution in [2.24, 2.45) is 0 Å². The first-order valence-corrected chi connectivity index (χ1v) is 4.45. The first kappa shape index (κ1) is 12.4. The van der Waals surface area contributed by atoms with Crippen molar-refractivity contribution in [3.8, 4) is 0 Å². The number of hydrogen-bond acceptors (Lipinski definition) is 3. The average molecular weight is 189 g/mol. The fourth-order valence-electron chi connectivity index (χ4n) is 1.13. The zero-order valence-electron chi connectivity index (χ0n) is 8.58. The van der Waals surface area contributed by atoms with E-state index in [4.69, 9.17) is 10.2 Å². The molecule has 0 saturated heterocycles. The summed E-state index contributed by atoms with van der Waals surface area (Å²) in [6.07, 6.45) is 0.122. The topological polar surface area (TPSA) is 60.8 Å². The molecule has 0 fully saturated rings. The van der Waals surface area contributed by atoms with E-state index in [1.807, 2.05) is 25.7 Å². The van der Waals surface area contributed by atoms with E-state index in [1.165, 1.54) is 0 Å². The van der Waals surface area contributed by atoms with Crippen molar-refractivity contribution in [2.75, 3.05) is 19.7 Å². The summed E-state index contributed by atoms with van der Waals surface area (Å²) in [6, 6.07) is 0. The maximum absolute atomic E-state index is 10.3. The Hall–Kier alpha value is -0.610. The minimum atomic E-state index is -0.799. The number of rotatable bonds is 5. The maximum atomic E-state index is 10.3. The molecule has 4 nitrogen and oxygen atoms in total. The molecule has 78 valence electrons. The van der Waals surface area contributed by atoms with Crippen molar-refractivity contribution in [1.82, 2.24) is 4.90 Å². The molecule has 0 saturated carbocycles. The Morgan fingerprint density at radius 3 is 2.15 bits per heavy atom. The molecule has 13 heavy (non-hydrogen) atoms. The molecular weight excluding hydrogens is 170 g/mol. The van der Waals surface area contributed by atoms with Gasteiger partial charge in [0, 0.05) is 18.6 Å². The third-order valence-corrected chi connectivity index (χ3v) is 1.91. The van der Waals surface area contributed by atoms with Crippen LogP contribution in [-0.2, 0) is 4.79 Å². The Balaban J connectivity index is 4.02. The van der Waals surface area contributed by atoms with Crippen molar-refractivity contribution in [1.29, 1.82) is 0 Å². The monoisotopic (exact) mass is 189 g/mol. The predicted molar refractivity (Wildman–Crippen MR) is 50.7 cm³/mol. The predicted octanol–water partition coefficient (Wildman–Crippen LogP) is 0.554. The second kappa shape index (κ2) is 5.19. The van der Waals surface area contributed by atoms with Gasteiger partial charge in [0.15, 0.2) is 0 Å². The van der Waals surface area contributed by atoms with Crippen molar-refractivity contribution in [2.45, 2.75) is 32.7 Å². The number of aliphatic hydroxyl groups excluding tert-OH is 1. The lowest BCUT2D eigenvalue weighted by atomic mass is 10.1. The molecule has 0 aromatic carbocycles. The highest BCUT2D eigenvalue weighted by atomic mass is 16.4. The number of carboxylic acids is 1. The van der Waals surface area contributed by atoms with Crippen LogP contribution in [-0.4, -0.2) is 46.3 Å². The summed E-state index contributed by atoms with van der Waals surface area (Å²) < 4.78 is 0. The van der Waals surface area contributed by atoms with Crippen LogP contribution < -0.4 is 0 Å². The summed E-state index contributed by atoms with van der Waals surface area (Å²) in [7, 11) is 0. The molecule has 0 heterocycles. The second-order valence-corrected chi connectivity index (χ2v) is 4.03. The van der Waals surface area contributed by atoms with Gasteiger partial charge in [0.05, 0.1) is 13.0 Å². The minimum absolute atomic E-state index is 0.0664. The Morgan fingerprint density at radius 2 is 1.85 bits per heavy atom. The van der Waals surface area contributed by atoms with Gasteiger partial charge in [-0.15, -0.1) is 0 Å². The highest BCUT2D eigenvalue weighted by molar-refractivity contribution is 5.66. The molecule has 2 N–H and O–H groups in total. The molecule has 0 unspecified atom stereocenters. The normalized spacial score (nSPS) is 12.1. The highest BCUT2D eigenvalue weighted by Crippen LogP contribution is 2.12. The standard InChI is InChI=1S/C9H19NO3/c1-9(2,3)10(6-7-11)5-4-8(12)13/h11H,4-7H2,1-3H3,(H,12,13). The molecule has 0 aromatic heterocycles. The largest absolute Gasteiger partial charge is 0.481 e. The van der Waals surface area contributed by atoms with Crippen molar-refractivity contribution in [3.63, 3.8) is 0 Å². The Kier molecular flexibility index (Phi) is 4.95. The van der Waals surface area contributed by atoms with Gasteiger partial charge in [-0.3, -0.25) is 9.69 Å². The summed E-state index contributed by atoms with van der Waals surface area (Å²) in [5.41, 5.74) is -0.0851. The van der Waals surface area contributed by atoms with E-state index in [9.17, 15) is 4.79 Å².